The standard InChI is InChI=1S/C14H19NO/c1-11-8-13(9-12(2)15-11)10-14(16)6-4-3-5-7-14/h4,6,8-9,16H,3,5,7,10H2,1-2H3. The third-order valence-corrected chi connectivity index (χ3v) is 3.06. The highest BCUT2D eigenvalue weighted by Gasteiger charge is 2.25. The molecule has 0 fully saturated rings. The van der Waals surface area contributed by atoms with Crippen molar-refractivity contribution in [2.75, 3.05) is 0 Å². The molecule has 16 heavy (non-hydrogen) atoms. The summed E-state index contributed by atoms with van der Waals surface area (Å²) in [4.78, 5) is 4.35. The van der Waals surface area contributed by atoms with Gasteiger partial charge in [0.15, 0.2) is 0 Å². The lowest BCUT2D eigenvalue weighted by Gasteiger charge is -2.27. The minimum atomic E-state index is -0.640. The van der Waals surface area contributed by atoms with Crippen LogP contribution in [0.2, 0.25) is 0 Å². The predicted molar refractivity (Wildman–Crippen MR) is 65.4 cm³/mol. The van der Waals surface area contributed by atoms with Gasteiger partial charge in [0, 0.05) is 17.8 Å². The maximum atomic E-state index is 10.4. The number of nitrogens with zero attached hydrogens (tertiary/aromatic N) is 1. The van der Waals surface area contributed by atoms with Gasteiger partial charge in [-0.1, -0.05) is 12.2 Å². The second kappa shape index (κ2) is 4.38. The fourth-order valence-electron chi connectivity index (χ4n) is 2.44. The molecule has 0 radical (unpaired) electrons. The van der Waals surface area contributed by atoms with Crippen LogP contribution in [-0.4, -0.2) is 15.7 Å². The highest BCUT2D eigenvalue weighted by Crippen LogP contribution is 2.26. The summed E-state index contributed by atoms with van der Waals surface area (Å²) in [5, 5.41) is 10.4. The molecule has 2 heteroatoms. The summed E-state index contributed by atoms with van der Waals surface area (Å²) >= 11 is 0. The molecule has 0 spiro atoms. The van der Waals surface area contributed by atoms with Crippen molar-refractivity contribution in [3.63, 3.8) is 0 Å². The SMILES string of the molecule is Cc1cc(CC2(O)C=CCCC2)cc(C)n1. The number of hydrogen-bond acceptors (Lipinski definition) is 2. The quantitative estimate of drug-likeness (QED) is 0.773. The number of allylic oxidation sites excluding steroid dienone is 1. The zero-order valence-electron chi connectivity index (χ0n) is 10.0. The lowest BCUT2D eigenvalue weighted by atomic mass is 9.85. The average molecular weight is 217 g/mol. The molecule has 1 atom stereocenters. The Bertz CT molecular complexity index is 391. The minimum absolute atomic E-state index is 0.640. The van der Waals surface area contributed by atoms with Gasteiger partial charge in [0.05, 0.1) is 5.60 Å². The molecule has 1 heterocycles. The average Bonchev–Trinajstić information content (AvgIpc) is 2.15. The van der Waals surface area contributed by atoms with E-state index in [0.717, 1.165) is 30.7 Å². The number of aryl methyl sites for hydroxylation is 2. The van der Waals surface area contributed by atoms with E-state index < -0.39 is 5.60 Å². The van der Waals surface area contributed by atoms with Gasteiger partial charge in [0.25, 0.3) is 0 Å². The van der Waals surface area contributed by atoms with Crippen LogP contribution in [0.4, 0.5) is 0 Å². The first-order chi connectivity index (χ1) is 7.57. The highest BCUT2D eigenvalue weighted by atomic mass is 16.3. The number of rotatable bonds is 2. The van der Waals surface area contributed by atoms with Crippen molar-refractivity contribution in [1.82, 2.24) is 4.98 Å². The molecular formula is C14H19NO. The summed E-state index contributed by atoms with van der Waals surface area (Å²) in [6.45, 7) is 3.99. The van der Waals surface area contributed by atoms with Gasteiger partial charge in [-0.25, -0.2) is 0 Å². The van der Waals surface area contributed by atoms with Crippen molar-refractivity contribution in [1.29, 1.82) is 0 Å². The third kappa shape index (κ3) is 2.70. The molecule has 1 aromatic rings. The van der Waals surface area contributed by atoms with Crippen molar-refractivity contribution >= 4 is 0 Å². The first-order valence-corrected chi connectivity index (χ1v) is 5.92. The van der Waals surface area contributed by atoms with Crippen molar-refractivity contribution in [2.45, 2.75) is 45.1 Å². The van der Waals surface area contributed by atoms with Gasteiger partial charge in [0.2, 0.25) is 0 Å². The fourth-order valence-corrected chi connectivity index (χ4v) is 2.44. The number of hydrogen-bond donors (Lipinski definition) is 1. The number of pyridine rings is 1. The molecule has 0 saturated heterocycles. The Balaban J connectivity index is 2.19. The smallest absolute Gasteiger partial charge is 0.0868 e. The Labute approximate surface area is 97.0 Å². The van der Waals surface area contributed by atoms with Crippen LogP contribution in [0.5, 0.6) is 0 Å². The number of aliphatic hydroxyl groups is 1. The molecule has 0 aliphatic heterocycles. The van der Waals surface area contributed by atoms with E-state index in [1.165, 1.54) is 5.56 Å². The topological polar surface area (TPSA) is 33.1 Å². The lowest BCUT2D eigenvalue weighted by molar-refractivity contribution is 0.0751. The third-order valence-electron chi connectivity index (χ3n) is 3.06. The van der Waals surface area contributed by atoms with Gasteiger partial charge in [-0.05, 0) is 50.8 Å². The summed E-state index contributed by atoms with van der Waals surface area (Å²) in [5.41, 5.74) is 2.59. The van der Waals surface area contributed by atoms with Crippen LogP contribution in [0.3, 0.4) is 0 Å². The van der Waals surface area contributed by atoms with Crippen molar-refractivity contribution in [3.05, 3.63) is 41.2 Å². The molecule has 2 nitrogen and oxygen atoms in total. The van der Waals surface area contributed by atoms with Crippen molar-refractivity contribution < 1.29 is 5.11 Å². The van der Waals surface area contributed by atoms with Gasteiger partial charge >= 0.3 is 0 Å². The van der Waals surface area contributed by atoms with Crippen LogP contribution in [0.25, 0.3) is 0 Å². The summed E-state index contributed by atoms with van der Waals surface area (Å²) in [6.07, 6.45) is 7.79. The second-order valence-corrected chi connectivity index (χ2v) is 4.83. The van der Waals surface area contributed by atoms with Crippen LogP contribution in [0.1, 0.15) is 36.2 Å². The zero-order chi connectivity index (χ0) is 11.6. The van der Waals surface area contributed by atoms with E-state index in [9.17, 15) is 5.11 Å². The molecule has 1 aliphatic carbocycles. The van der Waals surface area contributed by atoms with Crippen LogP contribution in [-0.2, 0) is 6.42 Å². The van der Waals surface area contributed by atoms with E-state index >= 15 is 0 Å². The largest absolute Gasteiger partial charge is 0.385 e. The van der Waals surface area contributed by atoms with Gasteiger partial charge < -0.3 is 5.11 Å². The zero-order valence-corrected chi connectivity index (χ0v) is 10.0. The Hall–Kier alpha value is -1.15. The number of aromatic nitrogens is 1. The van der Waals surface area contributed by atoms with E-state index in [1.807, 2.05) is 19.9 Å². The highest BCUT2D eigenvalue weighted by molar-refractivity contribution is 5.24. The van der Waals surface area contributed by atoms with E-state index in [2.05, 4.69) is 23.2 Å². The molecule has 0 amide bonds. The van der Waals surface area contributed by atoms with Crippen LogP contribution < -0.4 is 0 Å². The molecule has 1 aromatic heterocycles. The molecule has 0 bridgehead atoms. The molecule has 2 rings (SSSR count). The van der Waals surface area contributed by atoms with Gasteiger partial charge in [-0.3, -0.25) is 4.98 Å². The normalized spacial score (nSPS) is 24.7. The second-order valence-electron chi connectivity index (χ2n) is 4.83. The molecule has 0 saturated carbocycles. The van der Waals surface area contributed by atoms with Gasteiger partial charge in [-0.15, -0.1) is 0 Å². The molecule has 1 unspecified atom stereocenters. The van der Waals surface area contributed by atoms with Crippen LogP contribution in [0.15, 0.2) is 24.3 Å². The predicted octanol–water partition coefficient (Wildman–Crippen LogP) is 2.71. The van der Waals surface area contributed by atoms with Crippen molar-refractivity contribution in [2.24, 2.45) is 0 Å². The first kappa shape index (κ1) is 11.3. The monoisotopic (exact) mass is 217 g/mol. The molecular weight excluding hydrogens is 198 g/mol. The Morgan fingerprint density at radius 2 is 2.00 bits per heavy atom. The van der Waals surface area contributed by atoms with Crippen LogP contribution >= 0.6 is 0 Å². The van der Waals surface area contributed by atoms with Crippen molar-refractivity contribution in [3.8, 4) is 0 Å². The van der Waals surface area contributed by atoms with E-state index in [-0.39, 0.29) is 0 Å². The molecule has 1 N–H and O–H groups in total. The summed E-state index contributed by atoms with van der Waals surface area (Å²) in [5.74, 6) is 0. The summed E-state index contributed by atoms with van der Waals surface area (Å²) < 4.78 is 0. The van der Waals surface area contributed by atoms with E-state index in [0.29, 0.717) is 6.42 Å². The maximum Gasteiger partial charge on any atom is 0.0868 e. The van der Waals surface area contributed by atoms with Gasteiger partial charge in [0.1, 0.15) is 0 Å². The lowest BCUT2D eigenvalue weighted by Crippen LogP contribution is -2.30. The Kier molecular flexibility index (Phi) is 3.10. The molecule has 0 aromatic carbocycles. The summed E-state index contributed by atoms with van der Waals surface area (Å²) in [6, 6.07) is 4.13. The Morgan fingerprint density at radius 1 is 1.31 bits per heavy atom. The minimum Gasteiger partial charge on any atom is -0.385 e. The Morgan fingerprint density at radius 3 is 2.56 bits per heavy atom. The fraction of sp³-hybridized carbons (Fsp3) is 0.500. The maximum absolute atomic E-state index is 10.4. The van der Waals surface area contributed by atoms with Gasteiger partial charge in [-0.2, -0.15) is 0 Å². The van der Waals surface area contributed by atoms with Crippen LogP contribution in [0, 0.1) is 13.8 Å². The summed E-state index contributed by atoms with van der Waals surface area (Å²) in [7, 11) is 0. The van der Waals surface area contributed by atoms with E-state index in [1.54, 1.807) is 0 Å². The van der Waals surface area contributed by atoms with E-state index in [4.69, 9.17) is 0 Å². The molecule has 1 aliphatic rings. The molecule has 86 valence electrons. The first-order valence-electron chi connectivity index (χ1n) is 5.92.